The molecule has 0 aliphatic carbocycles. The Morgan fingerprint density at radius 1 is 0.717 bits per heavy atom. The number of carbonyl (C=O) groups excluding carboxylic acids is 2. The molecule has 2 amide bonds. The van der Waals surface area contributed by atoms with Crippen LogP contribution >= 0.6 is 23.5 Å². The van der Waals surface area contributed by atoms with Crippen molar-refractivity contribution in [1.82, 2.24) is 10.6 Å². The first-order chi connectivity index (χ1) is 25.5. The summed E-state index contributed by atoms with van der Waals surface area (Å²) in [6.45, 7) is 5.87. The van der Waals surface area contributed by atoms with Crippen LogP contribution < -0.4 is 16.0 Å². The molecule has 4 N–H and O–H groups in total. The van der Waals surface area contributed by atoms with Crippen LogP contribution in [-0.2, 0) is 14.3 Å². The van der Waals surface area contributed by atoms with Crippen molar-refractivity contribution in [1.29, 1.82) is 0 Å². The average molecular weight is 750 g/mol. The van der Waals surface area contributed by atoms with Crippen LogP contribution in [0.3, 0.4) is 0 Å². The van der Waals surface area contributed by atoms with Gasteiger partial charge in [-0.3, -0.25) is 4.79 Å². The fourth-order valence-corrected chi connectivity index (χ4v) is 8.27. The Balaban J connectivity index is 1.47. The SMILES string of the molecule is CSCC[C@H](NC(=O)c1ccc(NC[C@H](CSC(c2ccccc2)(c2ccccc2)c2ccccc2)NC(=O)OC(C)(C)C)c2ccccc12)C(=O)O. The van der Waals surface area contributed by atoms with Crippen LogP contribution in [0.5, 0.6) is 0 Å². The molecule has 276 valence electrons. The summed E-state index contributed by atoms with van der Waals surface area (Å²) in [7, 11) is 0. The predicted octanol–water partition coefficient (Wildman–Crippen LogP) is 8.81. The van der Waals surface area contributed by atoms with Gasteiger partial charge in [-0.15, -0.1) is 11.8 Å². The van der Waals surface area contributed by atoms with Crippen molar-refractivity contribution in [2.75, 3.05) is 29.6 Å². The summed E-state index contributed by atoms with van der Waals surface area (Å²) >= 11 is 3.27. The highest BCUT2D eigenvalue weighted by molar-refractivity contribution is 8.00. The fourth-order valence-electron chi connectivity index (χ4n) is 6.23. The van der Waals surface area contributed by atoms with Crippen LogP contribution in [0.15, 0.2) is 127 Å². The number of carboxylic acid groups (broad SMARTS) is 1. The largest absolute Gasteiger partial charge is 0.480 e. The van der Waals surface area contributed by atoms with Gasteiger partial charge in [0.1, 0.15) is 11.6 Å². The van der Waals surface area contributed by atoms with Gasteiger partial charge < -0.3 is 25.8 Å². The van der Waals surface area contributed by atoms with Crippen LogP contribution in [0.4, 0.5) is 10.5 Å². The molecule has 0 radical (unpaired) electrons. The number of hydrogen-bond acceptors (Lipinski definition) is 7. The second-order valence-electron chi connectivity index (χ2n) is 13.7. The van der Waals surface area contributed by atoms with Crippen LogP contribution in [0, 0.1) is 0 Å². The minimum Gasteiger partial charge on any atom is -0.480 e. The van der Waals surface area contributed by atoms with Gasteiger partial charge in [0.2, 0.25) is 0 Å². The average Bonchev–Trinajstić information content (AvgIpc) is 3.15. The Hall–Kier alpha value is -4.93. The summed E-state index contributed by atoms with van der Waals surface area (Å²) < 4.78 is 5.12. The number of fused-ring (bicyclic) bond motifs is 1. The van der Waals surface area contributed by atoms with Gasteiger partial charge in [-0.1, -0.05) is 115 Å². The van der Waals surface area contributed by atoms with E-state index < -0.39 is 34.4 Å². The topological polar surface area (TPSA) is 117 Å². The lowest BCUT2D eigenvalue weighted by molar-refractivity contribution is -0.139. The predicted molar refractivity (Wildman–Crippen MR) is 219 cm³/mol. The summed E-state index contributed by atoms with van der Waals surface area (Å²) in [5.41, 5.74) is 3.83. The molecule has 8 nitrogen and oxygen atoms in total. The molecule has 0 aliphatic heterocycles. The quantitative estimate of drug-likeness (QED) is 0.0740. The van der Waals surface area contributed by atoms with Gasteiger partial charge in [-0.05, 0) is 73.4 Å². The molecule has 0 saturated carbocycles. The van der Waals surface area contributed by atoms with Crippen molar-refractivity contribution in [2.45, 2.75) is 49.6 Å². The molecule has 10 heteroatoms. The smallest absolute Gasteiger partial charge is 0.407 e. The first-order valence-electron chi connectivity index (χ1n) is 17.6. The lowest BCUT2D eigenvalue weighted by atomic mass is 9.84. The molecule has 0 aromatic heterocycles. The standard InChI is InChI=1S/C43H47N3O5S2/c1-42(2,3)51-41(50)45-33(29-53-43(30-16-8-5-9-17-30,31-18-10-6-11-19-31)32-20-12-7-13-21-32)28-44-37-25-24-36(34-22-14-15-23-35(34)37)39(47)46-38(40(48)49)26-27-52-4/h5-25,33,38,44H,26-29H2,1-4H3,(H,45,50)(H,46,47)(H,48,49)/t33-,38+/m1/s1. The highest BCUT2D eigenvalue weighted by Gasteiger charge is 2.38. The summed E-state index contributed by atoms with van der Waals surface area (Å²) in [5.74, 6) is -0.384. The third kappa shape index (κ3) is 10.1. The van der Waals surface area contributed by atoms with Gasteiger partial charge in [-0.25, -0.2) is 9.59 Å². The highest BCUT2D eigenvalue weighted by Crippen LogP contribution is 2.48. The van der Waals surface area contributed by atoms with E-state index in [1.165, 1.54) is 11.8 Å². The normalized spacial score (nSPS) is 12.8. The van der Waals surface area contributed by atoms with Crippen molar-refractivity contribution >= 4 is 58.0 Å². The highest BCUT2D eigenvalue weighted by atomic mass is 32.2. The van der Waals surface area contributed by atoms with Gasteiger partial charge >= 0.3 is 12.1 Å². The molecular formula is C43H47N3O5S2. The lowest BCUT2D eigenvalue weighted by Crippen LogP contribution is -2.45. The second kappa shape index (κ2) is 18.2. The number of nitrogens with one attached hydrogen (secondary N) is 3. The molecule has 53 heavy (non-hydrogen) atoms. The number of hydrogen-bond donors (Lipinski definition) is 4. The zero-order chi connectivity index (χ0) is 37.8. The van der Waals surface area contributed by atoms with E-state index in [4.69, 9.17) is 4.74 Å². The van der Waals surface area contributed by atoms with E-state index in [1.807, 2.05) is 75.6 Å². The van der Waals surface area contributed by atoms with E-state index in [-0.39, 0.29) is 6.04 Å². The minimum atomic E-state index is -1.06. The molecule has 0 unspecified atom stereocenters. The monoisotopic (exact) mass is 749 g/mol. The molecular weight excluding hydrogens is 703 g/mol. The van der Waals surface area contributed by atoms with Gasteiger partial charge in [0.25, 0.3) is 5.91 Å². The molecule has 5 aromatic rings. The van der Waals surface area contributed by atoms with Crippen molar-refractivity contribution in [3.8, 4) is 0 Å². The Kier molecular flexibility index (Phi) is 13.5. The number of thioether (sulfide) groups is 2. The summed E-state index contributed by atoms with van der Waals surface area (Å²) in [4.78, 5) is 38.6. The molecule has 0 heterocycles. The zero-order valence-electron chi connectivity index (χ0n) is 30.5. The van der Waals surface area contributed by atoms with Crippen LogP contribution in [-0.4, -0.2) is 65.1 Å². The summed E-state index contributed by atoms with van der Waals surface area (Å²) in [6, 6.07) is 40.9. The van der Waals surface area contributed by atoms with E-state index in [9.17, 15) is 19.5 Å². The number of alkyl carbamates (subject to hydrolysis) is 1. The van der Waals surface area contributed by atoms with Crippen molar-refractivity contribution in [2.24, 2.45) is 0 Å². The number of aliphatic carboxylic acids is 1. The maximum Gasteiger partial charge on any atom is 0.407 e. The Morgan fingerprint density at radius 2 is 1.25 bits per heavy atom. The number of anilines is 1. The van der Waals surface area contributed by atoms with Crippen molar-refractivity contribution in [3.05, 3.63) is 150 Å². The molecule has 0 aliphatic rings. The van der Waals surface area contributed by atoms with Crippen LogP contribution in [0.1, 0.15) is 54.2 Å². The van der Waals surface area contributed by atoms with Gasteiger partial charge in [-0.2, -0.15) is 11.8 Å². The maximum atomic E-state index is 13.4. The second-order valence-corrected chi connectivity index (χ2v) is 15.9. The first kappa shape index (κ1) is 39.3. The van der Waals surface area contributed by atoms with Crippen molar-refractivity contribution in [3.63, 3.8) is 0 Å². The maximum absolute atomic E-state index is 13.4. The van der Waals surface area contributed by atoms with E-state index in [1.54, 1.807) is 17.8 Å². The van der Waals surface area contributed by atoms with Gasteiger partial charge in [0, 0.05) is 28.9 Å². The van der Waals surface area contributed by atoms with E-state index >= 15 is 0 Å². The minimum absolute atomic E-state index is 0.323. The van der Waals surface area contributed by atoms with Crippen LogP contribution in [0.2, 0.25) is 0 Å². The van der Waals surface area contributed by atoms with E-state index in [0.29, 0.717) is 35.4 Å². The Morgan fingerprint density at radius 3 is 1.75 bits per heavy atom. The number of carbonyl (C=O) groups is 3. The summed E-state index contributed by atoms with van der Waals surface area (Å²) in [5, 5.41) is 20.6. The van der Waals surface area contributed by atoms with E-state index in [0.717, 1.165) is 27.8 Å². The Bertz CT molecular complexity index is 1870. The summed E-state index contributed by atoms with van der Waals surface area (Å²) in [6.07, 6.45) is 1.71. The number of ether oxygens (including phenoxy) is 1. The van der Waals surface area contributed by atoms with Crippen molar-refractivity contribution < 1.29 is 24.2 Å². The Labute approximate surface area is 320 Å². The molecule has 2 atom stereocenters. The number of amides is 2. The third-order valence-electron chi connectivity index (χ3n) is 8.68. The van der Waals surface area contributed by atoms with Gasteiger partial charge in [0.15, 0.2) is 0 Å². The molecule has 0 fully saturated rings. The number of carboxylic acids is 1. The number of benzene rings is 5. The molecule has 5 aromatic carbocycles. The number of rotatable bonds is 16. The van der Waals surface area contributed by atoms with E-state index in [2.05, 4.69) is 88.7 Å². The van der Waals surface area contributed by atoms with Crippen LogP contribution in [0.25, 0.3) is 10.8 Å². The molecule has 0 saturated heterocycles. The molecule has 0 spiro atoms. The first-order valence-corrected chi connectivity index (χ1v) is 20.0. The lowest BCUT2D eigenvalue weighted by Gasteiger charge is -2.37. The molecule has 0 bridgehead atoms. The third-order valence-corrected chi connectivity index (χ3v) is 11.0. The zero-order valence-corrected chi connectivity index (χ0v) is 32.1. The fraction of sp³-hybridized carbons (Fsp3) is 0.279. The van der Waals surface area contributed by atoms with Gasteiger partial charge in [0.05, 0.1) is 10.8 Å². The molecule has 5 rings (SSSR count).